The van der Waals surface area contributed by atoms with E-state index in [4.69, 9.17) is 16.3 Å². The molecule has 0 fully saturated rings. The Bertz CT molecular complexity index is 1290. The van der Waals surface area contributed by atoms with Gasteiger partial charge in [-0.15, -0.1) is 5.10 Å². The molecule has 0 saturated heterocycles. The van der Waals surface area contributed by atoms with Crippen molar-refractivity contribution in [3.8, 4) is 0 Å². The highest BCUT2D eigenvalue weighted by atomic mass is 35.5. The van der Waals surface area contributed by atoms with Gasteiger partial charge in [-0.3, -0.25) is 9.59 Å². The van der Waals surface area contributed by atoms with Crippen molar-refractivity contribution < 1.29 is 14.3 Å². The fraction of sp³-hybridized carbons (Fsp3) is 0.231. The number of hydrogen-bond donors (Lipinski definition) is 1. The van der Waals surface area contributed by atoms with E-state index in [-0.39, 0.29) is 24.9 Å². The Morgan fingerprint density at radius 1 is 1.03 bits per heavy atom. The van der Waals surface area contributed by atoms with Crippen LogP contribution in [0.15, 0.2) is 78.9 Å². The molecule has 1 atom stereocenters. The first-order valence-electron chi connectivity index (χ1n) is 11.2. The van der Waals surface area contributed by atoms with Gasteiger partial charge in [-0.1, -0.05) is 77.5 Å². The van der Waals surface area contributed by atoms with E-state index in [2.05, 4.69) is 15.6 Å². The number of aromatic nitrogens is 3. The van der Waals surface area contributed by atoms with Crippen LogP contribution in [-0.4, -0.2) is 52.0 Å². The summed E-state index contributed by atoms with van der Waals surface area (Å²) in [5.41, 5.74) is 2.84. The molecule has 1 N–H and O–H groups in total. The summed E-state index contributed by atoms with van der Waals surface area (Å²) in [6.07, 6.45) is 0. The molecule has 0 radical (unpaired) electrons. The number of halogens is 1. The van der Waals surface area contributed by atoms with Crippen LogP contribution in [0.3, 0.4) is 0 Å². The molecular formula is C26H26ClN5O3. The fourth-order valence-electron chi connectivity index (χ4n) is 3.87. The number of nitrogens with one attached hydrogen (secondary N) is 1. The van der Waals surface area contributed by atoms with Crippen LogP contribution in [0.2, 0.25) is 5.02 Å². The molecule has 35 heavy (non-hydrogen) atoms. The molecule has 0 saturated carbocycles. The summed E-state index contributed by atoms with van der Waals surface area (Å²) in [4.78, 5) is 28.8. The second kappa shape index (κ2) is 11.6. The van der Waals surface area contributed by atoms with Crippen LogP contribution in [0, 0.1) is 0 Å². The summed E-state index contributed by atoms with van der Waals surface area (Å²) >= 11 is 6.44. The highest BCUT2D eigenvalue weighted by Crippen LogP contribution is 2.27. The number of carbonyl (C=O) groups is 2. The lowest BCUT2D eigenvalue weighted by atomic mass is 10.0. The average Bonchev–Trinajstić information content (AvgIpc) is 3.28. The molecule has 0 bridgehead atoms. The number of hydrogen-bond acceptors (Lipinski definition) is 5. The number of benzene rings is 3. The van der Waals surface area contributed by atoms with Gasteiger partial charge in [-0.2, -0.15) is 0 Å². The van der Waals surface area contributed by atoms with E-state index in [0.29, 0.717) is 29.3 Å². The first-order chi connectivity index (χ1) is 17.1. The van der Waals surface area contributed by atoms with Crippen molar-refractivity contribution in [1.29, 1.82) is 0 Å². The fourth-order valence-corrected chi connectivity index (χ4v) is 4.06. The first kappa shape index (κ1) is 24.4. The minimum absolute atomic E-state index is 0.0837. The zero-order valence-electron chi connectivity index (χ0n) is 19.3. The van der Waals surface area contributed by atoms with Gasteiger partial charge in [0.2, 0.25) is 11.8 Å². The molecule has 0 aliphatic carbocycles. The van der Waals surface area contributed by atoms with Gasteiger partial charge >= 0.3 is 0 Å². The summed E-state index contributed by atoms with van der Waals surface area (Å²) in [5, 5.41) is 11.7. The van der Waals surface area contributed by atoms with Gasteiger partial charge < -0.3 is 15.0 Å². The van der Waals surface area contributed by atoms with Gasteiger partial charge in [0.05, 0.1) is 12.1 Å². The van der Waals surface area contributed by atoms with E-state index >= 15 is 0 Å². The van der Waals surface area contributed by atoms with Gasteiger partial charge in [-0.25, -0.2) is 4.68 Å². The molecule has 4 aromatic rings. The summed E-state index contributed by atoms with van der Waals surface area (Å²) < 4.78 is 6.62. The molecule has 8 nitrogen and oxygen atoms in total. The maximum Gasteiger partial charge on any atom is 0.247 e. The van der Waals surface area contributed by atoms with Crippen molar-refractivity contribution in [1.82, 2.24) is 25.2 Å². The smallest absolute Gasteiger partial charge is 0.247 e. The van der Waals surface area contributed by atoms with Crippen LogP contribution in [0.1, 0.15) is 17.2 Å². The Balaban J connectivity index is 1.72. The summed E-state index contributed by atoms with van der Waals surface area (Å²) in [5.74, 6) is -0.603. The maximum atomic E-state index is 13.8. The molecule has 0 aliphatic heterocycles. The van der Waals surface area contributed by atoms with Crippen LogP contribution in [0.4, 0.5) is 0 Å². The summed E-state index contributed by atoms with van der Waals surface area (Å²) in [6.45, 7) is 0.735. The predicted octanol–water partition coefficient (Wildman–Crippen LogP) is 3.62. The molecule has 2 amide bonds. The van der Waals surface area contributed by atoms with Crippen LogP contribution < -0.4 is 5.32 Å². The van der Waals surface area contributed by atoms with Crippen molar-refractivity contribution in [3.63, 3.8) is 0 Å². The van der Waals surface area contributed by atoms with E-state index in [0.717, 1.165) is 11.1 Å². The second-order valence-electron chi connectivity index (χ2n) is 7.95. The molecule has 1 heterocycles. The predicted molar refractivity (Wildman–Crippen MR) is 134 cm³/mol. The zero-order chi connectivity index (χ0) is 24.6. The maximum absolute atomic E-state index is 13.8. The molecule has 180 valence electrons. The zero-order valence-corrected chi connectivity index (χ0v) is 20.1. The number of para-hydroxylation sites is 1. The molecule has 0 spiro atoms. The number of fused-ring (bicyclic) bond motifs is 1. The Labute approximate surface area is 208 Å². The molecule has 9 heteroatoms. The molecule has 4 rings (SSSR count). The minimum Gasteiger partial charge on any atom is -0.383 e. The number of rotatable bonds is 10. The van der Waals surface area contributed by atoms with Gasteiger partial charge in [0.1, 0.15) is 18.1 Å². The van der Waals surface area contributed by atoms with Gasteiger partial charge in [0.25, 0.3) is 0 Å². The Morgan fingerprint density at radius 3 is 2.51 bits per heavy atom. The Hall–Kier alpha value is -3.75. The largest absolute Gasteiger partial charge is 0.383 e. The SMILES string of the molecule is COCCNC(=O)[C@@H](c1ccccc1)N(Cc1ccccc1Cl)C(=O)Cn1nnc2ccccc21. The van der Waals surface area contributed by atoms with Crippen molar-refractivity contribution in [2.24, 2.45) is 0 Å². The lowest BCUT2D eigenvalue weighted by molar-refractivity contribution is -0.142. The molecule has 0 aliphatic rings. The molecule has 0 unspecified atom stereocenters. The quantitative estimate of drug-likeness (QED) is 0.342. The van der Waals surface area contributed by atoms with Crippen molar-refractivity contribution in [3.05, 3.63) is 95.0 Å². The molecular weight excluding hydrogens is 466 g/mol. The average molecular weight is 492 g/mol. The summed E-state index contributed by atoms with van der Waals surface area (Å²) in [7, 11) is 1.57. The van der Waals surface area contributed by atoms with E-state index in [1.54, 1.807) is 17.9 Å². The van der Waals surface area contributed by atoms with Gasteiger partial charge in [0.15, 0.2) is 0 Å². The number of amides is 2. The lowest BCUT2D eigenvalue weighted by Gasteiger charge is -2.32. The summed E-state index contributed by atoms with van der Waals surface area (Å²) in [6, 6.07) is 23.0. The topological polar surface area (TPSA) is 89.4 Å². The van der Waals surface area contributed by atoms with E-state index in [1.807, 2.05) is 72.8 Å². The molecule has 3 aromatic carbocycles. The third kappa shape index (κ3) is 5.85. The highest BCUT2D eigenvalue weighted by molar-refractivity contribution is 6.31. The van der Waals surface area contributed by atoms with Gasteiger partial charge in [0, 0.05) is 25.2 Å². The molecule has 1 aromatic heterocycles. The van der Waals surface area contributed by atoms with Gasteiger partial charge in [-0.05, 0) is 29.3 Å². The van der Waals surface area contributed by atoms with Crippen molar-refractivity contribution in [2.75, 3.05) is 20.3 Å². The number of methoxy groups -OCH3 is 1. The third-order valence-electron chi connectivity index (χ3n) is 5.60. The van der Waals surface area contributed by atoms with Crippen LogP contribution in [-0.2, 0) is 27.4 Å². The van der Waals surface area contributed by atoms with E-state index in [1.165, 1.54) is 4.90 Å². The van der Waals surface area contributed by atoms with Crippen molar-refractivity contribution in [2.45, 2.75) is 19.1 Å². The van der Waals surface area contributed by atoms with Crippen LogP contribution in [0.25, 0.3) is 11.0 Å². The van der Waals surface area contributed by atoms with E-state index < -0.39 is 6.04 Å². The minimum atomic E-state index is -0.883. The highest BCUT2D eigenvalue weighted by Gasteiger charge is 2.32. The van der Waals surface area contributed by atoms with Crippen LogP contribution in [0.5, 0.6) is 0 Å². The van der Waals surface area contributed by atoms with Crippen molar-refractivity contribution >= 4 is 34.4 Å². The number of nitrogens with zero attached hydrogens (tertiary/aromatic N) is 4. The number of ether oxygens (including phenoxy) is 1. The second-order valence-corrected chi connectivity index (χ2v) is 8.35. The third-order valence-corrected chi connectivity index (χ3v) is 5.97. The van der Waals surface area contributed by atoms with Crippen LogP contribution >= 0.6 is 11.6 Å². The Kier molecular flexibility index (Phi) is 8.07. The standard InChI is InChI=1S/C26H26ClN5O3/c1-35-16-15-28-26(34)25(19-9-3-2-4-10-19)31(17-20-11-5-6-12-21(20)27)24(33)18-32-23-14-8-7-13-22(23)29-30-32/h2-14,25H,15-18H2,1H3,(H,28,34)/t25-/m1/s1. The lowest BCUT2D eigenvalue weighted by Crippen LogP contribution is -2.45. The van der Waals surface area contributed by atoms with E-state index in [9.17, 15) is 9.59 Å². The monoisotopic (exact) mass is 491 g/mol. The first-order valence-corrected chi connectivity index (χ1v) is 11.6. The number of carbonyl (C=O) groups excluding carboxylic acids is 2. The normalized spacial score (nSPS) is 11.8. The Morgan fingerprint density at radius 2 is 1.74 bits per heavy atom.